The van der Waals surface area contributed by atoms with Gasteiger partial charge in [0.05, 0.1) is 56.3 Å². The summed E-state index contributed by atoms with van der Waals surface area (Å²) in [6.07, 6.45) is 4.43. The Morgan fingerprint density at radius 2 is 0.754 bits per heavy atom. The van der Waals surface area contributed by atoms with Crippen LogP contribution in [0, 0.1) is 20.8 Å². The number of phenolic OH excluding ortho intramolecular Hbond substituents is 3. The Kier molecular flexibility index (Phi) is 15.5. The van der Waals surface area contributed by atoms with Gasteiger partial charge in [-0.25, -0.2) is 29.3 Å². The van der Waals surface area contributed by atoms with E-state index >= 15 is 0 Å². The molecule has 0 bridgehead atoms. The van der Waals surface area contributed by atoms with Crippen molar-refractivity contribution in [2.45, 2.75) is 40.0 Å². The second-order valence-electron chi connectivity index (χ2n) is 12.3. The number of phenols is 3. The molecule has 15 nitrogen and oxygen atoms in total. The van der Waals surface area contributed by atoms with Crippen LogP contribution in [0.2, 0.25) is 0 Å². The van der Waals surface area contributed by atoms with Crippen LogP contribution in [0.4, 0.5) is 0 Å². The van der Waals surface area contributed by atoms with Gasteiger partial charge in [-0.3, -0.25) is 0 Å². The van der Waals surface area contributed by atoms with Crippen molar-refractivity contribution in [3.05, 3.63) is 91.1 Å². The zero-order valence-corrected chi connectivity index (χ0v) is 32.0. The molecule has 0 saturated heterocycles. The monoisotopic (exact) mass is 783 g/mol. The van der Waals surface area contributed by atoms with E-state index in [1.54, 1.807) is 57.2 Å². The Balaban J connectivity index is 1.69. The molecule has 57 heavy (non-hydrogen) atoms. The fourth-order valence-corrected chi connectivity index (χ4v) is 5.21. The van der Waals surface area contributed by atoms with Crippen LogP contribution in [0.3, 0.4) is 0 Å². The first-order valence-electron chi connectivity index (χ1n) is 17.9. The molecule has 3 aromatic carbocycles. The van der Waals surface area contributed by atoms with Gasteiger partial charge in [-0.2, -0.15) is 0 Å². The van der Waals surface area contributed by atoms with Gasteiger partial charge < -0.3 is 43.7 Å². The smallest absolute Gasteiger partial charge is 0.330 e. The maximum absolute atomic E-state index is 11.4. The highest BCUT2D eigenvalue weighted by molar-refractivity contribution is 5.82. The Labute approximate surface area is 329 Å². The number of carbonyl (C=O) groups is 3. The molecule has 0 amide bonds. The van der Waals surface area contributed by atoms with Crippen molar-refractivity contribution in [1.29, 1.82) is 0 Å². The number of benzene rings is 3. The van der Waals surface area contributed by atoms with E-state index in [1.807, 2.05) is 0 Å². The minimum atomic E-state index is -0.536. The fraction of sp³-hybridized carbons (Fsp3) is 0.286. The van der Waals surface area contributed by atoms with E-state index in [0.717, 1.165) is 18.2 Å². The zero-order chi connectivity index (χ0) is 41.5. The van der Waals surface area contributed by atoms with Crippen LogP contribution < -0.4 is 14.2 Å². The van der Waals surface area contributed by atoms with Crippen molar-refractivity contribution >= 4 is 17.9 Å². The molecule has 0 fully saturated rings. The lowest BCUT2D eigenvalue weighted by atomic mass is 10.1. The molecule has 1 aromatic heterocycles. The van der Waals surface area contributed by atoms with Crippen LogP contribution in [0.5, 0.6) is 34.5 Å². The largest absolute Gasteiger partial charge is 0.507 e. The standard InChI is InChI=1S/C42H45N3O12/c1-7-34(46)55-22-10-19-52-31-16-13-28(37(49)25(31)4)40-43-41(29-14-17-32(26(5)38(29)50)53-20-11-23-56-35(47)8-2)45-42(44-40)30-15-18-33(27(6)39(30)51)54-21-12-24-57-36(48)9-3/h7-9,13-18,49-51H,1-3,10-12,19-24H2,4-6H3. The molecule has 0 spiro atoms. The fourth-order valence-electron chi connectivity index (χ4n) is 5.21. The number of ether oxygens (including phenoxy) is 6. The van der Waals surface area contributed by atoms with E-state index in [9.17, 15) is 29.7 Å². The average molecular weight is 784 g/mol. The molecule has 300 valence electrons. The van der Waals surface area contributed by atoms with Crippen LogP contribution in [0.1, 0.15) is 36.0 Å². The van der Waals surface area contributed by atoms with Crippen LogP contribution >= 0.6 is 0 Å². The topological polar surface area (TPSA) is 206 Å². The van der Waals surface area contributed by atoms with Gasteiger partial charge in [0.15, 0.2) is 17.5 Å². The quantitative estimate of drug-likeness (QED) is 0.0361. The van der Waals surface area contributed by atoms with E-state index in [4.69, 9.17) is 28.4 Å². The van der Waals surface area contributed by atoms with Gasteiger partial charge in [0.2, 0.25) is 0 Å². The molecule has 0 radical (unpaired) electrons. The van der Waals surface area contributed by atoms with Crippen LogP contribution in [0.25, 0.3) is 34.2 Å². The summed E-state index contributed by atoms with van der Waals surface area (Å²) in [4.78, 5) is 47.9. The highest BCUT2D eigenvalue weighted by atomic mass is 16.5. The predicted molar refractivity (Wildman–Crippen MR) is 209 cm³/mol. The van der Waals surface area contributed by atoms with Crippen molar-refractivity contribution in [3.63, 3.8) is 0 Å². The van der Waals surface area contributed by atoms with Gasteiger partial charge >= 0.3 is 17.9 Å². The minimum absolute atomic E-state index is 0.0244. The molecule has 15 heteroatoms. The maximum Gasteiger partial charge on any atom is 0.330 e. The summed E-state index contributed by atoms with van der Waals surface area (Å²) in [6, 6.07) is 9.63. The first kappa shape index (κ1) is 42.8. The minimum Gasteiger partial charge on any atom is -0.507 e. The van der Waals surface area contributed by atoms with E-state index < -0.39 is 17.9 Å². The normalized spacial score (nSPS) is 10.6. The summed E-state index contributed by atoms with van der Waals surface area (Å²) in [7, 11) is 0. The lowest BCUT2D eigenvalue weighted by Gasteiger charge is -2.16. The van der Waals surface area contributed by atoms with Gasteiger partial charge in [0.25, 0.3) is 0 Å². The van der Waals surface area contributed by atoms with Gasteiger partial charge in [-0.05, 0) is 57.2 Å². The molecule has 0 atom stereocenters. The molecule has 4 rings (SSSR count). The Morgan fingerprint density at radius 1 is 0.491 bits per heavy atom. The lowest BCUT2D eigenvalue weighted by molar-refractivity contribution is -0.138. The molecular formula is C42H45N3O12. The number of aromatic hydroxyl groups is 3. The van der Waals surface area contributed by atoms with E-state index in [1.165, 1.54) is 0 Å². The maximum atomic E-state index is 11.4. The Morgan fingerprint density at radius 3 is 1.00 bits per heavy atom. The number of hydrogen-bond donors (Lipinski definition) is 3. The molecular weight excluding hydrogens is 738 g/mol. The average Bonchev–Trinajstić information content (AvgIpc) is 3.21. The molecule has 4 aromatic rings. The summed E-state index contributed by atoms with van der Waals surface area (Å²) in [5.74, 6) is -0.935. The Bertz CT molecular complexity index is 1880. The van der Waals surface area contributed by atoms with E-state index in [2.05, 4.69) is 34.7 Å². The second-order valence-corrected chi connectivity index (χ2v) is 12.3. The van der Waals surface area contributed by atoms with Crippen molar-refractivity contribution < 1.29 is 58.1 Å². The zero-order valence-electron chi connectivity index (χ0n) is 32.0. The third-order valence-electron chi connectivity index (χ3n) is 8.37. The number of rotatable bonds is 21. The van der Waals surface area contributed by atoms with Crippen molar-refractivity contribution in [2.24, 2.45) is 0 Å². The van der Waals surface area contributed by atoms with Gasteiger partial charge in [-0.15, -0.1) is 0 Å². The third kappa shape index (κ3) is 11.3. The number of esters is 3. The second kappa shape index (κ2) is 20.7. The van der Waals surface area contributed by atoms with E-state index in [0.29, 0.717) is 53.2 Å². The molecule has 0 unspecified atom stereocenters. The van der Waals surface area contributed by atoms with Gasteiger partial charge in [-0.1, -0.05) is 19.7 Å². The Hall–Kier alpha value is -6.90. The molecule has 3 N–H and O–H groups in total. The highest BCUT2D eigenvalue weighted by Gasteiger charge is 2.23. The van der Waals surface area contributed by atoms with E-state index in [-0.39, 0.29) is 91.1 Å². The summed E-state index contributed by atoms with van der Waals surface area (Å²) in [5.41, 5.74) is 1.80. The number of carbonyl (C=O) groups excluding carboxylic acids is 3. The molecule has 0 aliphatic heterocycles. The molecule has 0 saturated carbocycles. The van der Waals surface area contributed by atoms with Crippen LogP contribution in [-0.4, -0.2) is 87.8 Å². The van der Waals surface area contributed by atoms with Crippen LogP contribution in [-0.2, 0) is 28.6 Å². The summed E-state index contributed by atoms with van der Waals surface area (Å²) < 4.78 is 32.4. The van der Waals surface area contributed by atoms with Crippen molar-refractivity contribution in [3.8, 4) is 68.7 Å². The van der Waals surface area contributed by atoms with Crippen molar-refractivity contribution in [2.75, 3.05) is 39.6 Å². The predicted octanol–water partition coefficient (Wildman–Crippen LogP) is 6.41. The van der Waals surface area contributed by atoms with Gasteiger partial charge in [0, 0.05) is 54.2 Å². The summed E-state index contributed by atoms with van der Waals surface area (Å²) in [6.45, 7) is 16.0. The third-order valence-corrected chi connectivity index (χ3v) is 8.37. The lowest BCUT2D eigenvalue weighted by Crippen LogP contribution is -2.07. The van der Waals surface area contributed by atoms with Crippen molar-refractivity contribution in [1.82, 2.24) is 15.0 Å². The number of nitrogens with zero attached hydrogens (tertiary/aromatic N) is 3. The van der Waals surface area contributed by atoms with Gasteiger partial charge in [0.1, 0.15) is 34.5 Å². The first-order chi connectivity index (χ1) is 27.4. The summed E-state index contributed by atoms with van der Waals surface area (Å²) >= 11 is 0. The first-order valence-corrected chi connectivity index (χ1v) is 17.9. The number of aromatic nitrogens is 3. The highest BCUT2D eigenvalue weighted by Crippen LogP contribution is 2.41. The molecule has 1 heterocycles. The van der Waals surface area contributed by atoms with Crippen LogP contribution in [0.15, 0.2) is 74.4 Å². The number of hydrogen-bond acceptors (Lipinski definition) is 15. The molecule has 0 aliphatic rings. The summed E-state index contributed by atoms with van der Waals surface area (Å²) in [5, 5.41) is 34.2. The SMILES string of the molecule is C=CC(=O)OCCCOc1ccc(-c2nc(-c3ccc(OCCCOC(=O)C=C)c(C)c3O)nc(-c3ccc(OCCCOC(=O)C=C)c(C)c3O)n2)c(O)c1C. The molecule has 0 aliphatic carbocycles.